The third-order valence-corrected chi connectivity index (χ3v) is 3.59. The van der Waals surface area contributed by atoms with E-state index in [1.54, 1.807) is 20.1 Å². The van der Waals surface area contributed by atoms with Crippen LogP contribution >= 0.6 is 11.6 Å². The van der Waals surface area contributed by atoms with Gasteiger partial charge in [0, 0.05) is 0 Å². The van der Waals surface area contributed by atoms with Gasteiger partial charge in [0.1, 0.15) is 11.2 Å². The zero-order valence-corrected chi connectivity index (χ0v) is 12.9. The fraction of sp³-hybridized carbons (Fsp3) is 0.467. The van der Waals surface area contributed by atoms with E-state index in [-0.39, 0.29) is 13.0 Å². The minimum absolute atomic E-state index is 0.193. The summed E-state index contributed by atoms with van der Waals surface area (Å²) < 4.78 is 10.1. The molecular weight excluding hydrogens is 280 g/mol. The number of ether oxygens (including phenoxy) is 2. The first-order valence-electron chi connectivity index (χ1n) is 6.35. The Balaban J connectivity index is 3.05. The van der Waals surface area contributed by atoms with Crippen molar-refractivity contribution in [2.75, 3.05) is 13.7 Å². The van der Waals surface area contributed by atoms with Gasteiger partial charge in [-0.3, -0.25) is 9.59 Å². The van der Waals surface area contributed by atoms with Crippen molar-refractivity contribution in [1.82, 2.24) is 0 Å². The van der Waals surface area contributed by atoms with Crippen molar-refractivity contribution in [2.45, 2.75) is 27.2 Å². The Morgan fingerprint density at radius 1 is 1.35 bits per heavy atom. The number of carbonyl (C=O) groups is 2. The van der Waals surface area contributed by atoms with Crippen LogP contribution in [-0.4, -0.2) is 24.9 Å². The first kappa shape index (κ1) is 16.5. The summed E-state index contributed by atoms with van der Waals surface area (Å²) >= 11 is 5.60. The van der Waals surface area contributed by atoms with Crippen LogP contribution < -0.4 is 4.74 Å². The van der Waals surface area contributed by atoms with Gasteiger partial charge < -0.3 is 9.47 Å². The summed E-state index contributed by atoms with van der Waals surface area (Å²) in [7, 11) is 1.59. The Bertz CT molecular complexity index is 513. The van der Waals surface area contributed by atoms with Gasteiger partial charge in [0.25, 0.3) is 0 Å². The van der Waals surface area contributed by atoms with Crippen LogP contribution in [0, 0.1) is 12.3 Å². The molecule has 0 N–H and O–H groups in total. The maximum atomic E-state index is 12.0. The van der Waals surface area contributed by atoms with Crippen LogP contribution in [-0.2, 0) is 20.7 Å². The number of benzene rings is 1. The predicted octanol–water partition coefficient (Wildman–Crippen LogP) is 2.88. The van der Waals surface area contributed by atoms with Gasteiger partial charge >= 0.3 is 5.97 Å². The lowest BCUT2D eigenvalue weighted by Gasteiger charge is -2.23. The van der Waals surface area contributed by atoms with Gasteiger partial charge in [-0.25, -0.2) is 0 Å². The number of carbonyl (C=O) groups excluding carboxylic acids is 2. The Kier molecular flexibility index (Phi) is 5.57. The number of aryl methyl sites for hydroxylation is 1. The van der Waals surface area contributed by atoms with Crippen LogP contribution in [0.5, 0.6) is 5.75 Å². The summed E-state index contributed by atoms with van der Waals surface area (Å²) in [6.07, 6.45) is 0.193. The lowest BCUT2D eigenvalue weighted by Crippen LogP contribution is -2.37. The van der Waals surface area contributed by atoms with Crippen LogP contribution in [0.4, 0.5) is 0 Å². The molecule has 0 saturated heterocycles. The number of hydrogen-bond donors (Lipinski definition) is 0. The molecule has 20 heavy (non-hydrogen) atoms. The molecule has 1 rings (SSSR count). The van der Waals surface area contributed by atoms with Crippen molar-refractivity contribution < 1.29 is 19.1 Å². The van der Waals surface area contributed by atoms with E-state index in [9.17, 15) is 9.59 Å². The van der Waals surface area contributed by atoms with Crippen molar-refractivity contribution in [1.29, 1.82) is 0 Å². The molecule has 0 aromatic heterocycles. The summed E-state index contributed by atoms with van der Waals surface area (Å²) in [5.74, 6) is 0.150. The second kappa shape index (κ2) is 6.75. The van der Waals surface area contributed by atoms with Crippen LogP contribution in [0.15, 0.2) is 18.2 Å². The van der Waals surface area contributed by atoms with Gasteiger partial charge in [-0.05, 0) is 56.0 Å². The first-order chi connectivity index (χ1) is 9.35. The Hall–Kier alpha value is -1.55. The van der Waals surface area contributed by atoms with Gasteiger partial charge in [-0.2, -0.15) is 0 Å². The Morgan fingerprint density at radius 2 is 2.00 bits per heavy atom. The van der Waals surface area contributed by atoms with Gasteiger partial charge in [0.05, 0.1) is 13.7 Å². The normalized spacial score (nSPS) is 13.4. The van der Waals surface area contributed by atoms with E-state index in [4.69, 9.17) is 21.1 Å². The molecule has 0 radical (unpaired) electrons. The second-order valence-electron chi connectivity index (χ2n) is 4.81. The van der Waals surface area contributed by atoms with Crippen molar-refractivity contribution in [3.63, 3.8) is 0 Å². The van der Waals surface area contributed by atoms with Crippen LogP contribution in [0.25, 0.3) is 0 Å². The number of methoxy groups -OCH3 is 1. The highest BCUT2D eigenvalue weighted by Gasteiger charge is 2.41. The highest BCUT2D eigenvalue weighted by molar-refractivity contribution is 6.66. The topological polar surface area (TPSA) is 52.6 Å². The van der Waals surface area contributed by atoms with Crippen molar-refractivity contribution in [2.24, 2.45) is 5.41 Å². The fourth-order valence-electron chi connectivity index (χ4n) is 1.97. The Morgan fingerprint density at radius 3 is 2.45 bits per heavy atom. The maximum absolute atomic E-state index is 12.0. The predicted molar refractivity (Wildman–Crippen MR) is 77.0 cm³/mol. The SMILES string of the molecule is CCOC(=O)C(C)(Cc1ccc(OC)c(C)c1)C(=O)Cl. The summed E-state index contributed by atoms with van der Waals surface area (Å²) in [4.78, 5) is 23.6. The average Bonchev–Trinajstić information content (AvgIpc) is 2.38. The average molecular weight is 299 g/mol. The van der Waals surface area contributed by atoms with E-state index in [0.717, 1.165) is 16.9 Å². The third-order valence-electron chi connectivity index (χ3n) is 3.18. The van der Waals surface area contributed by atoms with E-state index in [1.807, 2.05) is 19.1 Å². The lowest BCUT2D eigenvalue weighted by molar-refractivity contribution is -0.156. The lowest BCUT2D eigenvalue weighted by atomic mass is 9.84. The summed E-state index contributed by atoms with van der Waals surface area (Å²) in [6, 6.07) is 5.48. The molecule has 5 heteroatoms. The molecule has 0 amide bonds. The monoisotopic (exact) mass is 298 g/mol. The van der Waals surface area contributed by atoms with Crippen LogP contribution in [0.1, 0.15) is 25.0 Å². The van der Waals surface area contributed by atoms with Crippen LogP contribution in [0.3, 0.4) is 0 Å². The summed E-state index contributed by atoms with van der Waals surface area (Å²) in [6.45, 7) is 5.29. The number of rotatable bonds is 6. The molecule has 0 heterocycles. The van der Waals surface area contributed by atoms with Gasteiger partial charge in [-0.15, -0.1) is 0 Å². The molecule has 0 aliphatic rings. The molecule has 1 aromatic carbocycles. The summed E-state index contributed by atoms with van der Waals surface area (Å²) in [5.41, 5.74) is 0.379. The molecule has 0 spiro atoms. The van der Waals surface area contributed by atoms with Gasteiger partial charge in [0.15, 0.2) is 0 Å². The molecule has 0 bridgehead atoms. The molecule has 0 fully saturated rings. The molecule has 0 aliphatic carbocycles. The zero-order chi connectivity index (χ0) is 15.3. The van der Waals surface area contributed by atoms with Gasteiger partial charge in [-0.1, -0.05) is 12.1 Å². The van der Waals surface area contributed by atoms with E-state index >= 15 is 0 Å². The fourth-order valence-corrected chi connectivity index (χ4v) is 2.11. The molecular formula is C15H19ClO4. The smallest absolute Gasteiger partial charge is 0.321 e. The van der Waals surface area contributed by atoms with Crippen molar-refractivity contribution in [3.05, 3.63) is 29.3 Å². The number of esters is 1. The standard InChI is InChI=1S/C15H19ClO4/c1-5-20-14(18)15(3,13(16)17)9-11-6-7-12(19-4)10(2)8-11/h6-8H,5,9H2,1-4H3. The van der Waals surface area contributed by atoms with E-state index in [2.05, 4.69) is 0 Å². The zero-order valence-electron chi connectivity index (χ0n) is 12.2. The number of hydrogen-bond acceptors (Lipinski definition) is 4. The van der Waals surface area contributed by atoms with E-state index < -0.39 is 16.6 Å². The van der Waals surface area contributed by atoms with E-state index in [0.29, 0.717) is 0 Å². The minimum atomic E-state index is -1.38. The summed E-state index contributed by atoms with van der Waals surface area (Å²) in [5, 5.41) is -0.718. The molecule has 0 aliphatic heterocycles. The molecule has 110 valence electrons. The van der Waals surface area contributed by atoms with Crippen molar-refractivity contribution >= 4 is 22.8 Å². The number of halogens is 1. The third kappa shape index (κ3) is 3.51. The van der Waals surface area contributed by atoms with Crippen LogP contribution in [0.2, 0.25) is 0 Å². The molecule has 0 saturated carbocycles. The molecule has 1 atom stereocenters. The minimum Gasteiger partial charge on any atom is -0.496 e. The molecule has 1 unspecified atom stereocenters. The first-order valence-corrected chi connectivity index (χ1v) is 6.73. The highest BCUT2D eigenvalue weighted by atomic mass is 35.5. The molecule has 4 nitrogen and oxygen atoms in total. The van der Waals surface area contributed by atoms with E-state index in [1.165, 1.54) is 6.92 Å². The second-order valence-corrected chi connectivity index (χ2v) is 5.15. The quantitative estimate of drug-likeness (QED) is 0.460. The maximum Gasteiger partial charge on any atom is 0.321 e. The largest absolute Gasteiger partial charge is 0.496 e. The Labute approximate surface area is 124 Å². The highest BCUT2D eigenvalue weighted by Crippen LogP contribution is 2.29. The van der Waals surface area contributed by atoms with Gasteiger partial charge in [0.2, 0.25) is 5.24 Å². The molecule has 1 aromatic rings. The van der Waals surface area contributed by atoms with Crippen molar-refractivity contribution in [3.8, 4) is 5.75 Å².